The summed E-state index contributed by atoms with van der Waals surface area (Å²) in [4.78, 5) is 0. The number of aliphatic hydroxyl groups is 6. The first-order valence-electron chi connectivity index (χ1n) is 7.03. The fraction of sp³-hybridized carbons (Fsp3) is 1.00. The molecule has 10 heteroatoms. The fourth-order valence-corrected chi connectivity index (χ4v) is 2.87. The van der Waals surface area contributed by atoms with Gasteiger partial charge in [0.15, 0.2) is 12.6 Å². The Kier molecular flexibility index (Phi) is 4.67. The molecule has 0 aromatic carbocycles. The third-order valence-corrected chi connectivity index (χ3v) is 4.21. The van der Waals surface area contributed by atoms with E-state index in [1.165, 1.54) is 0 Å². The van der Waals surface area contributed by atoms with E-state index in [0.717, 1.165) is 0 Å². The molecule has 3 heterocycles. The minimum atomic E-state index is -1.60. The van der Waals surface area contributed by atoms with Crippen molar-refractivity contribution in [3.8, 4) is 0 Å². The lowest BCUT2D eigenvalue weighted by Gasteiger charge is -2.43. The molecule has 2 bridgehead atoms. The van der Waals surface area contributed by atoms with Gasteiger partial charge in [-0.15, -0.1) is 0 Å². The van der Waals surface area contributed by atoms with Crippen LogP contribution in [0.5, 0.6) is 0 Å². The highest BCUT2D eigenvalue weighted by Crippen LogP contribution is 2.32. The summed E-state index contributed by atoms with van der Waals surface area (Å²) in [5.41, 5.74) is 0. The summed E-state index contributed by atoms with van der Waals surface area (Å²) in [7, 11) is 0. The normalized spacial score (nSPS) is 55.4. The molecule has 0 saturated carbocycles. The molecular weight excluding hydrogens is 304 g/mol. The molecule has 0 aromatic heterocycles. The molecule has 10 nitrogen and oxygen atoms in total. The predicted molar refractivity (Wildman–Crippen MR) is 65.3 cm³/mol. The summed E-state index contributed by atoms with van der Waals surface area (Å²) in [6.07, 6.45) is -12.5. The van der Waals surface area contributed by atoms with E-state index < -0.39 is 68.0 Å². The fourth-order valence-electron chi connectivity index (χ4n) is 2.87. The zero-order valence-corrected chi connectivity index (χ0v) is 11.5. The number of hydrogen-bond donors (Lipinski definition) is 6. The molecule has 3 rings (SSSR count). The Bertz CT molecular complexity index is 392. The minimum absolute atomic E-state index is 0.0842. The lowest BCUT2D eigenvalue weighted by atomic mass is 9.98. The standard InChI is InChI=1S/C12H20O10/c13-1-3-5(14)6(15)8(17)12(20-3)22-10-4-2-19-11(21-4)9(18)7(10)16/h3-18H,1-2H2/t3?,4?,5-,6+,7?,8?,9+,10-,11-,12+/m1/s1. The highest BCUT2D eigenvalue weighted by Gasteiger charge is 2.53. The Morgan fingerprint density at radius 1 is 0.864 bits per heavy atom. The van der Waals surface area contributed by atoms with Crippen molar-refractivity contribution in [3.63, 3.8) is 0 Å². The topological polar surface area (TPSA) is 158 Å². The van der Waals surface area contributed by atoms with Crippen molar-refractivity contribution in [2.75, 3.05) is 13.2 Å². The van der Waals surface area contributed by atoms with Crippen LogP contribution in [0.1, 0.15) is 0 Å². The number of rotatable bonds is 3. The average molecular weight is 324 g/mol. The van der Waals surface area contributed by atoms with Gasteiger partial charge in [-0.2, -0.15) is 0 Å². The molecule has 22 heavy (non-hydrogen) atoms. The molecule has 0 amide bonds. The lowest BCUT2D eigenvalue weighted by molar-refractivity contribution is -0.337. The smallest absolute Gasteiger partial charge is 0.187 e. The van der Waals surface area contributed by atoms with E-state index in [1.807, 2.05) is 0 Å². The van der Waals surface area contributed by atoms with Crippen molar-refractivity contribution in [2.45, 2.75) is 61.4 Å². The number of hydrogen-bond acceptors (Lipinski definition) is 10. The predicted octanol–water partition coefficient (Wildman–Crippen LogP) is -4.35. The van der Waals surface area contributed by atoms with Crippen molar-refractivity contribution < 1.29 is 49.6 Å². The third kappa shape index (κ3) is 2.65. The van der Waals surface area contributed by atoms with E-state index in [-0.39, 0.29) is 6.61 Å². The van der Waals surface area contributed by atoms with Crippen LogP contribution in [-0.2, 0) is 18.9 Å². The molecular formula is C12H20O10. The minimum Gasteiger partial charge on any atom is -0.394 e. The Labute approximate surface area is 125 Å². The van der Waals surface area contributed by atoms with Crippen molar-refractivity contribution in [3.05, 3.63) is 0 Å². The van der Waals surface area contributed by atoms with Gasteiger partial charge in [0, 0.05) is 0 Å². The van der Waals surface area contributed by atoms with Crippen molar-refractivity contribution in [1.29, 1.82) is 0 Å². The highest BCUT2D eigenvalue weighted by atomic mass is 16.8. The van der Waals surface area contributed by atoms with E-state index in [9.17, 15) is 25.5 Å². The van der Waals surface area contributed by atoms with Crippen LogP contribution in [0.3, 0.4) is 0 Å². The zero-order valence-electron chi connectivity index (χ0n) is 11.5. The van der Waals surface area contributed by atoms with Crippen LogP contribution in [0.2, 0.25) is 0 Å². The monoisotopic (exact) mass is 324 g/mol. The molecule has 128 valence electrons. The average Bonchev–Trinajstić information content (AvgIpc) is 2.96. The largest absolute Gasteiger partial charge is 0.394 e. The zero-order chi connectivity index (χ0) is 16.0. The molecule has 4 unspecified atom stereocenters. The maximum atomic E-state index is 10.0. The van der Waals surface area contributed by atoms with Crippen molar-refractivity contribution in [2.24, 2.45) is 0 Å². The number of fused-ring (bicyclic) bond motifs is 2. The van der Waals surface area contributed by atoms with E-state index in [0.29, 0.717) is 0 Å². The van der Waals surface area contributed by atoms with Gasteiger partial charge in [0.1, 0.15) is 48.8 Å². The van der Waals surface area contributed by atoms with E-state index in [2.05, 4.69) is 0 Å². The first-order valence-corrected chi connectivity index (χ1v) is 7.03. The summed E-state index contributed by atoms with van der Waals surface area (Å²) in [6, 6.07) is 0. The van der Waals surface area contributed by atoms with Gasteiger partial charge in [0.25, 0.3) is 0 Å². The SMILES string of the molecule is OCC1O[C@@H](O[C@@H]2C3CO[C@H](O3)[C@@H](O)C2O)C(O)[C@@H](O)[C@@H]1O. The second-order valence-corrected chi connectivity index (χ2v) is 5.66. The van der Waals surface area contributed by atoms with Crippen LogP contribution in [0.15, 0.2) is 0 Å². The molecule has 6 N–H and O–H groups in total. The van der Waals surface area contributed by atoms with E-state index in [4.69, 9.17) is 24.1 Å². The van der Waals surface area contributed by atoms with Gasteiger partial charge in [-0.25, -0.2) is 0 Å². The Morgan fingerprint density at radius 2 is 1.59 bits per heavy atom. The molecule has 3 fully saturated rings. The van der Waals surface area contributed by atoms with Gasteiger partial charge in [0.05, 0.1) is 13.2 Å². The Balaban J connectivity index is 1.71. The molecule has 3 aliphatic heterocycles. The van der Waals surface area contributed by atoms with Crippen LogP contribution in [0.25, 0.3) is 0 Å². The summed E-state index contributed by atoms with van der Waals surface area (Å²) in [5.74, 6) is 0. The molecule has 0 spiro atoms. The van der Waals surface area contributed by atoms with Crippen LogP contribution >= 0.6 is 0 Å². The van der Waals surface area contributed by atoms with E-state index >= 15 is 0 Å². The second kappa shape index (κ2) is 6.24. The Morgan fingerprint density at radius 3 is 2.27 bits per heavy atom. The van der Waals surface area contributed by atoms with E-state index in [1.54, 1.807) is 0 Å². The molecule has 0 aromatic rings. The first-order chi connectivity index (χ1) is 10.4. The van der Waals surface area contributed by atoms with Crippen LogP contribution in [0, 0.1) is 0 Å². The van der Waals surface area contributed by atoms with Gasteiger partial charge in [-0.05, 0) is 0 Å². The highest BCUT2D eigenvalue weighted by molar-refractivity contribution is 4.96. The van der Waals surface area contributed by atoms with Gasteiger partial charge in [-0.3, -0.25) is 0 Å². The molecule has 3 aliphatic rings. The van der Waals surface area contributed by atoms with Gasteiger partial charge in [-0.1, -0.05) is 0 Å². The van der Waals surface area contributed by atoms with Gasteiger partial charge < -0.3 is 49.6 Å². The van der Waals surface area contributed by atoms with Crippen LogP contribution in [0.4, 0.5) is 0 Å². The molecule has 10 atom stereocenters. The maximum Gasteiger partial charge on any atom is 0.187 e. The maximum absolute atomic E-state index is 10.0. The molecule has 0 aliphatic carbocycles. The first kappa shape index (κ1) is 16.5. The lowest BCUT2D eigenvalue weighted by Crippen LogP contribution is -2.62. The van der Waals surface area contributed by atoms with Gasteiger partial charge in [0.2, 0.25) is 0 Å². The van der Waals surface area contributed by atoms with Crippen molar-refractivity contribution in [1.82, 2.24) is 0 Å². The third-order valence-electron chi connectivity index (χ3n) is 4.21. The second-order valence-electron chi connectivity index (χ2n) is 5.66. The van der Waals surface area contributed by atoms with Crippen molar-refractivity contribution >= 4 is 0 Å². The number of ether oxygens (including phenoxy) is 4. The molecule has 0 radical (unpaired) electrons. The Hall–Kier alpha value is -0.400. The molecule has 3 saturated heterocycles. The summed E-state index contributed by atoms with van der Waals surface area (Å²) >= 11 is 0. The van der Waals surface area contributed by atoms with Gasteiger partial charge >= 0.3 is 0 Å². The van der Waals surface area contributed by atoms with Crippen LogP contribution in [-0.4, -0.2) is 105 Å². The summed E-state index contributed by atoms with van der Waals surface area (Å²) in [6.45, 7) is -0.507. The summed E-state index contributed by atoms with van der Waals surface area (Å²) in [5, 5.41) is 58.3. The number of aliphatic hydroxyl groups excluding tert-OH is 6. The van der Waals surface area contributed by atoms with Crippen LogP contribution < -0.4 is 0 Å². The summed E-state index contributed by atoms with van der Waals surface area (Å²) < 4.78 is 21.1. The quantitative estimate of drug-likeness (QED) is 0.299.